The number of halogens is 1. The Hall–Kier alpha value is -4.65. The number of nitrogens with zero attached hydrogens (tertiary/aromatic N) is 1. The highest BCUT2D eigenvalue weighted by Crippen LogP contribution is 2.24. The highest BCUT2D eigenvalue weighted by atomic mass is 19.1. The molecule has 0 aromatic heterocycles. The van der Waals surface area contributed by atoms with E-state index in [0.717, 1.165) is 5.56 Å². The normalized spacial score (nSPS) is 10.5. The van der Waals surface area contributed by atoms with Crippen molar-refractivity contribution < 1.29 is 23.5 Å². The topological polar surface area (TPSA) is 67.9 Å². The average Bonchev–Trinajstić information content (AvgIpc) is 2.92. The van der Waals surface area contributed by atoms with Crippen LogP contribution in [0.15, 0.2) is 97.1 Å². The van der Waals surface area contributed by atoms with Gasteiger partial charge in [0.25, 0.3) is 5.91 Å². The lowest BCUT2D eigenvalue weighted by atomic mass is 10.1. The fraction of sp³-hybridized carbons (Fsp3) is 0.133. The van der Waals surface area contributed by atoms with E-state index in [2.05, 4.69) is 5.32 Å². The summed E-state index contributed by atoms with van der Waals surface area (Å²) in [5.41, 5.74) is 3.18. The van der Waals surface area contributed by atoms with Gasteiger partial charge in [0.1, 0.15) is 17.3 Å². The molecule has 0 bridgehead atoms. The van der Waals surface area contributed by atoms with Crippen molar-refractivity contribution in [2.75, 3.05) is 24.4 Å². The summed E-state index contributed by atoms with van der Waals surface area (Å²) in [5.74, 6) is 0.481. The lowest BCUT2D eigenvalue weighted by Crippen LogP contribution is -2.30. The number of benzene rings is 4. The molecule has 0 saturated heterocycles. The molecule has 6 nitrogen and oxygen atoms in total. The highest BCUT2D eigenvalue weighted by molar-refractivity contribution is 6.06. The molecule has 7 heteroatoms. The second-order valence-corrected chi connectivity index (χ2v) is 8.37. The second kappa shape index (κ2) is 11.9. The summed E-state index contributed by atoms with van der Waals surface area (Å²) in [6, 6.07) is 27.3. The summed E-state index contributed by atoms with van der Waals surface area (Å²) in [6.07, 6.45) is 0.167. The Bertz CT molecular complexity index is 1370. The molecule has 0 radical (unpaired) electrons. The zero-order chi connectivity index (χ0) is 26.2. The molecular formula is C30H27FN2O4. The van der Waals surface area contributed by atoms with Gasteiger partial charge < -0.3 is 19.7 Å². The summed E-state index contributed by atoms with van der Waals surface area (Å²) in [6.45, 7) is 0.172. The first kappa shape index (κ1) is 25.4. The van der Waals surface area contributed by atoms with Crippen molar-refractivity contribution in [2.24, 2.45) is 0 Å². The molecule has 0 aliphatic heterocycles. The van der Waals surface area contributed by atoms with E-state index < -0.39 is 0 Å². The van der Waals surface area contributed by atoms with E-state index in [4.69, 9.17) is 9.47 Å². The molecule has 188 valence electrons. The van der Waals surface area contributed by atoms with Crippen LogP contribution < -0.4 is 19.7 Å². The number of amides is 2. The third-order valence-electron chi connectivity index (χ3n) is 5.78. The first-order valence-electron chi connectivity index (χ1n) is 11.7. The minimum atomic E-state index is -0.371. The van der Waals surface area contributed by atoms with Crippen molar-refractivity contribution >= 4 is 23.2 Å². The molecule has 0 aliphatic carbocycles. The van der Waals surface area contributed by atoms with Crippen LogP contribution in [0, 0.1) is 5.82 Å². The van der Waals surface area contributed by atoms with Crippen molar-refractivity contribution in [3.05, 3.63) is 120 Å². The molecule has 4 rings (SSSR count). The number of hydrogen-bond donors (Lipinski definition) is 1. The van der Waals surface area contributed by atoms with E-state index in [-0.39, 0.29) is 30.6 Å². The summed E-state index contributed by atoms with van der Waals surface area (Å²) in [5, 5.41) is 2.86. The molecule has 0 spiro atoms. The molecule has 0 heterocycles. The number of carbonyl (C=O) groups is 2. The van der Waals surface area contributed by atoms with E-state index in [1.807, 2.05) is 0 Å². The third-order valence-corrected chi connectivity index (χ3v) is 5.78. The van der Waals surface area contributed by atoms with Gasteiger partial charge in [0.05, 0.1) is 27.2 Å². The molecule has 0 unspecified atom stereocenters. The standard InChI is InChI=1S/C30H27FN2O4/c1-36-27-15-11-25(12-16-27)32-29(34)18-21-9-13-26(14-10-21)33(20-22-5-3-7-24(31)17-22)30(35)23-6-4-8-28(19-23)37-2/h3-17,19H,18,20H2,1-2H3,(H,32,34). The van der Waals surface area contributed by atoms with E-state index in [1.165, 1.54) is 19.2 Å². The minimum absolute atomic E-state index is 0.165. The number of nitrogens with one attached hydrogen (secondary N) is 1. The summed E-state index contributed by atoms with van der Waals surface area (Å²) < 4.78 is 24.2. The van der Waals surface area contributed by atoms with Gasteiger partial charge >= 0.3 is 0 Å². The fourth-order valence-corrected chi connectivity index (χ4v) is 3.87. The second-order valence-electron chi connectivity index (χ2n) is 8.37. The maximum absolute atomic E-state index is 13.8. The van der Waals surface area contributed by atoms with E-state index in [9.17, 15) is 14.0 Å². The van der Waals surface area contributed by atoms with E-state index >= 15 is 0 Å². The first-order valence-corrected chi connectivity index (χ1v) is 11.7. The average molecular weight is 499 g/mol. The van der Waals surface area contributed by atoms with Crippen LogP contribution in [0.25, 0.3) is 0 Å². The molecule has 0 atom stereocenters. The Kier molecular flexibility index (Phi) is 8.15. The van der Waals surface area contributed by atoms with Gasteiger partial charge in [0, 0.05) is 16.9 Å². The van der Waals surface area contributed by atoms with Gasteiger partial charge in [0.15, 0.2) is 0 Å². The SMILES string of the molecule is COc1ccc(NC(=O)Cc2ccc(N(Cc3cccc(F)c3)C(=O)c3cccc(OC)c3)cc2)cc1. The first-order chi connectivity index (χ1) is 17.9. The van der Waals surface area contributed by atoms with Crippen LogP contribution in [0.1, 0.15) is 21.5 Å². The van der Waals surface area contributed by atoms with Crippen LogP contribution in [-0.4, -0.2) is 26.0 Å². The Morgan fingerprint density at radius 3 is 2.16 bits per heavy atom. The Morgan fingerprint density at radius 1 is 0.784 bits per heavy atom. The lowest BCUT2D eigenvalue weighted by Gasteiger charge is -2.24. The van der Waals surface area contributed by atoms with E-state index in [1.54, 1.807) is 96.9 Å². The summed E-state index contributed by atoms with van der Waals surface area (Å²) >= 11 is 0. The zero-order valence-electron chi connectivity index (χ0n) is 20.6. The molecule has 4 aromatic carbocycles. The van der Waals surface area contributed by atoms with Gasteiger partial charge in [-0.05, 0) is 77.9 Å². The zero-order valence-corrected chi connectivity index (χ0v) is 20.6. The van der Waals surface area contributed by atoms with Crippen LogP contribution in [0.5, 0.6) is 11.5 Å². The Balaban J connectivity index is 1.53. The number of carbonyl (C=O) groups excluding carboxylic acids is 2. The number of hydrogen-bond acceptors (Lipinski definition) is 4. The summed E-state index contributed by atoms with van der Waals surface area (Å²) in [4.78, 5) is 27.6. The Labute approximate surface area is 215 Å². The number of rotatable bonds is 9. The maximum Gasteiger partial charge on any atom is 0.258 e. The van der Waals surface area contributed by atoms with Crippen molar-refractivity contribution in [2.45, 2.75) is 13.0 Å². The number of methoxy groups -OCH3 is 2. The fourth-order valence-electron chi connectivity index (χ4n) is 3.87. The van der Waals surface area contributed by atoms with Crippen molar-refractivity contribution in [1.29, 1.82) is 0 Å². The molecule has 0 saturated carbocycles. The van der Waals surface area contributed by atoms with Crippen LogP contribution in [0.2, 0.25) is 0 Å². The van der Waals surface area contributed by atoms with Crippen molar-refractivity contribution in [3.63, 3.8) is 0 Å². The molecular weight excluding hydrogens is 471 g/mol. The largest absolute Gasteiger partial charge is 0.497 e. The van der Waals surface area contributed by atoms with Gasteiger partial charge in [-0.3, -0.25) is 9.59 Å². The van der Waals surface area contributed by atoms with Crippen molar-refractivity contribution in [3.8, 4) is 11.5 Å². The molecule has 0 aliphatic rings. The number of ether oxygens (including phenoxy) is 2. The van der Waals surface area contributed by atoms with Gasteiger partial charge in [-0.2, -0.15) is 0 Å². The highest BCUT2D eigenvalue weighted by Gasteiger charge is 2.19. The third kappa shape index (κ3) is 6.73. The predicted molar refractivity (Wildman–Crippen MR) is 142 cm³/mol. The number of anilines is 2. The molecule has 37 heavy (non-hydrogen) atoms. The predicted octanol–water partition coefficient (Wildman–Crippen LogP) is 5.87. The minimum Gasteiger partial charge on any atom is -0.497 e. The van der Waals surface area contributed by atoms with Gasteiger partial charge in [-0.25, -0.2) is 4.39 Å². The summed E-state index contributed by atoms with van der Waals surface area (Å²) in [7, 11) is 3.12. The van der Waals surface area contributed by atoms with Crippen LogP contribution in [-0.2, 0) is 17.8 Å². The maximum atomic E-state index is 13.8. The van der Waals surface area contributed by atoms with Crippen LogP contribution in [0.4, 0.5) is 15.8 Å². The smallest absolute Gasteiger partial charge is 0.258 e. The van der Waals surface area contributed by atoms with Crippen LogP contribution >= 0.6 is 0 Å². The molecule has 0 fully saturated rings. The molecule has 2 amide bonds. The van der Waals surface area contributed by atoms with Gasteiger partial charge in [0.2, 0.25) is 5.91 Å². The van der Waals surface area contributed by atoms with Gasteiger partial charge in [-0.15, -0.1) is 0 Å². The van der Waals surface area contributed by atoms with Crippen LogP contribution in [0.3, 0.4) is 0 Å². The molecule has 1 N–H and O–H groups in total. The Morgan fingerprint density at radius 2 is 1.49 bits per heavy atom. The lowest BCUT2D eigenvalue weighted by molar-refractivity contribution is -0.115. The monoisotopic (exact) mass is 498 g/mol. The van der Waals surface area contributed by atoms with Gasteiger partial charge in [-0.1, -0.05) is 30.3 Å². The molecule has 4 aromatic rings. The van der Waals surface area contributed by atoms with E-state index in [0.29, 0.717) is 34.0 Å². The van der Waals surface area contributed by atoms with Crippen molar-refractivity contribution in [1.82, 2.24) is 0 Å². The quantitative estimate of drug-likeness (QED) is 0.313.